The highest BCUT2D eigenvalue weighted by Crippen LogP contribution is 2.33. The molecule has 1 saturated carbocycles. The summed E-state index contributed by atoms with van der Waals surface area (Å²) in [5.74, 6) is 2.08. The predicted molar refractivity (Wildman–Crippen MR) is 339 cm³/mol. The molecule has 7 N–H and O–H groups in total. The van der Waals surface area contributed by atoms with Gasteiger partial charge >= 0.3 is 0 Å². The van der Waals surface area contributed by atoms with Crippen molar-refractivity contribution in [3.05, 3.63) is 113 Å². The molecule has 5 fully saturated rings. The molecular formula is C66H90ClN13O8. The Morgan fingerprint density at radius 3 is 2.31 bits per heavy atom. The summed E-state index contributed by atoms with van der Waals surface area (Å²) in [5.41, 5.74) is 10.1. The molecule has 21 nitrogen and oxygen atoms in total. The van der Waals surface area contributed by atoms with Crippen molar-refractivity contribution in [1.82, 2.24) is 55.8 Å². The van der Waals surface area contributed by atoms with E-state index in [0.29, 0.717) is 127 Å². The van der Waals surface area contributed by atoms with Gasteiger partial charge in [-0.05, 0) is 118 Å². The number of carbonyl (C=O) groups is 5. The van der Waals surface area contributed by atoms with Crippen LogP contribution in [0.3, 0.4) is 0 Å². The number of nitrogens with one attached hydrogen (secondary N) is 5. The number of aromatic nitrogens is 3. The maximum absolute atomic E-state index is 14.4. The Morgan fingerprint density at radius 2 is 1.55 bits per heavy atom. The topological polar surface area (TPSA) is 245 Å². The molecule has 6 heterocycles. The molecule has 474 valence electrons. The molecule has 0 radical (unpaired) electrons. The van der Waals surface area contributed by atoms with Crippen LogP contribution >= 0.6 is 11.6 Å². The van der Waals surface area contributed by atoms with Crippen LogP contribution in [0.2, 0.25) is 5.02 Å². The van der Waals surface area contributed by atoms with Gasteiger partial charge in [0.1, 0.15) is 35.3 Å². The fourth-order valence-corrected chi connectivity index (χ4v) is 13.5. The molecule has 5 aromatic rings. The molecule has 5 aliphatic rings. The molecule has 3 atom stereocenters. The number of H-pyrrole nitrogens is 1. The average molecular weight is 1230 g/mol. The molecule has 10 rings (SSSR count). The van der Waals surface area contributed by atoms with Crippen LogP contribution in [0, 0.1) is 5.92 Å². The average Bonchev–Trinajstić information content (AvgIpc) is 3.87. The molecule has 5 amide bonds. The Morgan fingerprint density at radius 1 is 0.784 bits per heavy atom. The summed E-state index contributed by atoms with van der Waals surface area (Å²) in [4.78, 5) is 91.7. The minimum absolute atomic E-state index is 0.00900. The fraction of sp³-hybridized carbons (Fsp3) is 0.561. The van der Waals surface area contributed by atoms with Crippen molar-refractivity contribution >= 4 is 58.0 Å². The van der Waals surface area contributed by atoms with Crippen molar-refractivity contribution in [2.45, 2.75) is 120 Å². The van der Waals surface area contributed by atoms with E-state index in [4.69, 9.17) is 31.5 Å². The highest BCUT2D eigenvalue weighted by molar-refractivity contribution is 6.30. The SMILES string of the molecule is CCOc1cc(OC)ccc1CNCC(=O)N1CCCC(c2cccc(C(=O)N[C@H](C(=O)N3CCC(OCCNCC(=O)N4CCN(CC[C@H](NC(=O)C5(N)CCN(c6ncnc7[nH]ccc67)CC5)c5ccc(Cl)cc5)CC4)CC3)C3CCCCC3)c2)C1. The molecule has 0 bridgehead atoms. The number of methoxy groups -OCH3 is 1. The minimum atomic E-state index is -1.03. The number of anilines is 1. The maximum Gasteiger partial charge on any atom is 0.251 e. The van der Waals surface area contributed by atoms with E-state index < -0.39 is 11.6 Å². The van der Waals surface area contributed by atoms with E-state index >= 15 is 0 Å². The third-order valence-corrected chi connectivity index (χ3v) is 18.9. The molecule has 1 aliphatic carbocycles. The molecule has 4 aliphatic heterocycles. The Labute approximate surface area is 522 Å². The van der Waals surface area contributed by atoms with Crippen LogP contribution in [0.5, 0.6) is 11.5 Å². The highest BCUT2D eigenvalue weighted by atomic mass is 35.5. The lowest BCUT2D eigenvalue weighted by Crippen LogP contribution is -2.60. The largest absolute Gasteiger partial charge is 0.497 e. The van der Waals surface area contributed by atoms with Gasteiger partial charge in [0.2, 0.25) is 23.6 Å². The number of amides is 5. The van der Waals surface area contributed by atoms with Gasteiger partial charge in [0.15, 0.2) is 0 Å². The van der Waals surface area contributed by atoms with Crippen molar-refractivity contribution < 1.29 is 38.2 Å². The number of ether oxygens (including phenoxy) is 3. The van der Waals surface area contributed by atoms with E-state index in [9.17, 15) is 24.0 Å². The Bertz CT molecular complexity index is 3120. The molecule has 4 saturated heterocycles. The molecule has 1 unspecified atom stereocenters. The summed E-state index contributed by atoms with van der Waals surface area (Å²) in [7, 11) is 1.62. The highest BCUT2D eigenvalue weighted by Gasteiger charge is 2.40. The van der Waals surface area contributed by atoms with Crippen LogP contribution in [0.4, 0.5) is 5.82 Å². The third kappa shape index (κ3) is 16.7. The Kier molecular flexibility index (Phi) is 22.6. The van der Waals surface area contributed by atoms with E-state index in [2.05, 4.69) is 46.0 Å². The Balaban J connectivity index is 0.624. The summed E-state index contributed by atoms with van der Waals surface area (Å²) in [6.45, 7) is 11.3. The number of benzene rings is 3. The molecule has 2 aromatic heterocycles. The first kappa shape index (κ1) is 64.1. The summed E-state index contributed by atoms with van der Waals surface area (Å²) >= 11 is 6.28. The van der Waals surface area contributed by atoms with Crippen LogP contribution < -0.4 is 41.4 Å². The first-order valence-electron chi connectivity index (χ1n) is 32.0. The number of piperazine rings is 1. The number of likely N-dealkylation sites (tertiary alicyclic amines) is 2. The number of nitrogens with zero attached hydrogens (tertiary/aromatic N) is 7. The number of nitrogens with two attached hydrogens (primary N) is 1. The molecular weight excluding hydrogens is 1140 g/mol. The van der Waals surface area contributed by atoms with E-state index in [-0.39, 0.29) is 66.6 Å². The zero-order chi connectivity index (χ0) is 61.4. The van der Waals surface area contributed by atoms with E-state index in [1.54, 1.807) is 13.4 Å². The van der Waals surface area contributed by atoms with Gasteiger partial charge in [-0.15, -0.1) is 0 Å². The van der Waals surface area contributed by atoms with Crippen LogP contribution in [-0.2, 0) is 30.5 Å². The Hall–Kier alpha value is -6.88. The molecule has 0 spiro atoms. The van der Waals surface area contributed by atoms with Crippen molar-refractivity contribution in [2.24, 2.45) is 11.7 Å². The minimum Gasteiger partial charge on any atom is -0.497 e. The number of fused-ring (bicyclic) bond motifs is 1. The number of piperidine rings is 3. The van der Waals surface area contributed by atoms with Crippen LogP contribution in [0.15, 0.2) is 85.3 Å². The van der Waals surface area contributed by atoms with Gasteiger partial charge in [0.25, 0.3) is 5.91 Å². The zero-order valence-electron chi connectivity index (χ0n) is 51.3. The van der Waals surface area contributed by atoms with E-state index in [1.165, 1.54) is 0 Å². The predicted octanol–water partition coefficient (Wildman–Crippen LogP) is 6.18. The van der Waals surface area contributed by atoms with Gasteiger partial charge in [0.05, 0.1) is 56.5 Å². The second-order valence-corrected chi connectivity index (χ2v) is 24.8. The lowest BCUT2D eigenvalue weighted by Gasteiger charge is -2.39. The summed E-state index contributed by atoms with van der Waals surface area (Å²) in [6.07, 6.45) is 13.2. The summed E-state index contributed by atoms with van der Waals surface area (Å²) in [6, 6.07) is 22.1. The lowest BCUT2D eigenvalue weighted by atomic mass is 9.83. The van der Waals surface area contributed by atoms with Crippen molar-refractivity contribution in [3.8, 4) is 11.5 Å². The number of carbonyl (C=O) groups excluding carboxylic acids is 5. The fourth-order valence-electron chi connectivity index (χ4n) is 13.3. The molecule has 22 heteroatoms. The van der Waals surface area contributed by atoms with Gasteiger partial charge in [-0.3, -0.25) is 28.9 Å². The summed E-state index contributed by atoms with van der Waals surface area (Å²) in [5, 5.41) is 14.7. The lowest BCUT2D eigenvalue weighted by molar-refractivity contribution is -0.137. The number of hydrogen-bond donors (Lipinski definition) is 6. The van der Waals surface area contributed by atoms with E-state index in [1.807, 2.05) is 101 Å². The second kappa shape index (κ2) is 31.0. The van der Waals surface area contributed by atoms with Gasteiger partial charge in [0, 0.05) is 119 Å². The number of aromatic amines is 1. The van der Waals surface area contributed by atoms with Gasteiger partial charge in [-0.1, -0.05) is 61.2 Å². The van der Waals surface area contributed by atoms with Crippen molar-refractivity contribution in [2.75, 3.05) is 117 Å². The van der Waals surface area contributed by atoms with Crippen molar-refractivity contribution in [3.63, 3.8) is 0 Å². The van der Waals surface area contributed by atoms with Gasteiger partial charge in [-0.2, -0.15) is 0 Å². The van der Waals surface area contributed by atoms with Crippen LogP contribution in [-0.4, -0.2) is 194 Å². The molecule has 3 aromatic carbocycles. The monoisotopic (exact) mass is 1230 g/mol. The number of halogens is 1. The standard InChI is InChI=1S/C66H90ClN13O8/c1-3-87-57-40-54(86-2)19-16-50(57)41-70-43-59(82)80-28-8-13-51(44-80)48-11-7-12-49(39-48)63(83)75-60(47-9-5-4-6-10-47)64(84)79-30-21-53(22-31-79)88-38-27-69-42-58(81)77-36-34-76(35-37-77)29-23-56(46-14-17-52(67)18-15-46)74-65(85)66(68)24-32-78(33-25-66)62-55-20-26-71-61(55)72-45-73-62/h7,11-12,14-20,26,39-40,45,47,51,53,56,60,69-70H,3-6,8-10,13,21-25,27-38,41-44,68H2,1-2H3,(H,74,85)(H,75,83)(H,71,72,73)/t51?,56-,60-/m0/s1. The van der Waals surface area contributed by atoms with Gasteiger partial charge < -0.3 is 65.8 Å². The van der Waals surface area contributed by atoms with Gasteiger partial charge in [-0.25, -0.2) is 9.97 Å². The maximum atomic E-state index is 14.4. The first-order chi connectivity index (χ1) is 42.8. The van der Waals surface area contributed by atoms with E-state index in [0.717, 1.165) is 104 Å². The smallest absolute Gasteiger partial charge is 0.251 e. The summed E-state index contributed by atoms with van der Waals surface area (Å²) < 4.78 is 17.5. The number of hydrogen-bond acceptors (Lipinski definition) is 15. The quantitative estimate of drug-likeness (QED) is 0.0358. The van der Waals surface area contributed by atoms with Crippen molar-refractivity contribution in [1.29, 1.82) is 0 Å². The first-order valence-corrected chi connectivity index (χ1v) is 32.4. The normalized spacial score (nSPS) is 19.5. The van der Waals surface area contributed by atoms with Crippen LogP contribution in [0.1, 0.15) is 123 Å². The second-order valence-electron chi connectivity index (χ2n) is 24.4. The number of rotatable bonds is 25. The zero-order valence-corrected chi connectivity index (χ0v) is 52.1. The third-order valence-electron chi connectivity index (χ3n) is 18.7. The van der Waals surface area contributed by atoms with Crippen LogP contribution in [0.25, 0.3) is 11.0 Å². The molecule has 88 heavy (non-hydrogen) atoms.